The molecular formula is C28H27F3O3. The molecule has 1 heterocycles. The predicted molar refractivity (Wildman–Crippen MR) is 126 cm³/mol. The quantitative estimate of drug-likeness (QED) is 0.321. The molecule has 0 saturated carbocycles. The van der Waals surface area contributed by atoms with E-state index in [9.17, 15) is 13.2 Å². The van der Waals surface area contributed by atoms with E-state index in [1.807, 2.05) is 0 Å². The van der Waals surface area contributed by atoms with Crippen molar-refractivity contribution >= 4 is 0 Å². The summed E-state index contributed by atoms with van der Waals surface area (Å²) >= 11 is 0. The summed E-state index contributed by atoms with van der Waals surface area (Å²) in [6, 6.07) is 14.6. The predicted octanol–water partition coefficient (Wildman–Crippen LogP) is 7.46. The molecule has 0 atom stereocenters. The van der Waals surface area contributed by atoms with Crippen molar-refractivity contribution in [2.75, 3.05) is 19.8 Å². The van der Waals surface area contributed by atoms with Crippen LogP contribution in [0.25, 0.3) is 22.3 Å². The lowest BCUT2D eigenvalue weighted by molar-refractivity contribution is -0.207. The zero-order valence-electron chi connectivity index (χ0n) is 19.0. The lowest BCUT2D eigenvalue weighted by Crippen LogP contribution is -2.27. The Labute approximate surface area is 197 Å². The minimum Gasteiger partial charge on any atom is -0.486 e. The van der Waals surface area contributed by atoms with E-state index < -0.39 is 23.7 Å². The van der Waals surface area contributed by atoms with Gasteiger partial charge in [-0.25, -0.2) is 8.78 Å². The summed E-state index contributed by atoms with van der Waals surface area (Å²) in [6.07, 6.45) is 2.83. The molecule has 1 fully saturated rings. The Bertz CT molecular complexity index is 1140. The highest BCUT2D eigenvalue weighted by Gasteiger charge is 2.25. The summed E-state index contributed by atoms with van der Waals surface area (Å²) in [6.45, 7) is 6.80. The van der Waals surface area contributed by atoms with E-state index in [1.165, 1.54) is 24.3 Å². The van der Waals surface area contributed by atoms with Gasteiger partial charge in [-0.15, -0.1) is 0 Å². The van der Waals surface area contributed by atoms with Crippen molar-refractivity contribution < 1.29 is 27.4 Å². The van der Waals surface area contributed by atoms with Gasteiger partial charge in [-0.3, -0.25) is 0 Å². The van der Waals surface area contributed by atoms with Crippen molar-refractivity contribution in [1.82, 2.24) is 0 Å². The van der Waals surface area contributed by atoms with Gasteiger partial charge >= 0.3 is 0 Å². The second-order valence-corrected chi connectivity index (χ2v) is 8.31. The van der Waals surface area contributed by atoms with Gasteiger partial charge < -0.3 is 14.2 Å². The number of ether oxygens (including phenoxy) is 3. The van der Waals surface area contributed by atoms with Crippen LogP contribution in [-0.2, 0) is 9.47 Å². The standard InChI is InChI=1S/C28H27F3O3/c1-3-5-18-16-33-28(34-17-18)23-11-10-21(15-24(23)29)19-6-8-20(9-7-19)22-12-13-25(32-14-4-2)27(31)26(22)30/h4,6-13,15,18,28H,2-3,5,14,16-17H2,1H3. The Hall–Kier alpha value is -3.09. The molecule has 0 spiro atoms. The molecule has 3 nitrogen and oxygen atoms in total. The van der Waals surface area contributed by atoms with E-state index in [-0.39, 0.29) is 17.9 Å². The van der Waals surface area contributed by atoms with E-state index in [4.69, 9.17) is 14.2 Å². The van der Waals surface area contributed by atoms with Gasteiger partial charge in [-0.2, -0.15) is 4.39 Å². The van der Waals surface area contributed by atoms with Crippen molar-refractivity contribution in [3.05, 3.63) is 90.3 Å². The van der Waals surface area contributed by atoms with Crippen molar-refractivity contribution in [1.29, 1.82) is 0 Å². The average Bonchev–Trinajstić information content (AvgIpc) is 2.86. The fraction of sp³-hybridized carbons (Fsp3) is 0.286. The Morgan fingerprint density at radius 3 is 2.24 bits per heavy atom. The molecule has 3 aromatic rings. The molecule has 0 unspecified atom stereocenters. The van der Waals surface area contributed by atoms with Gasteiger partial charge in [-0.1, -0.05) is 62.4 Å². The van der Waals surface area contributed by atoms with E-state index >= 15 is 0 Å². The van der Waals surface area contributed by atoms with Gasteiger partial charge in [0.15, 0.2) is 17.9 Å². The third-order valence-electron chi connectivity index (χ3n) is 5.85. The van der Waals surface area contributed by atoms with Crippen LogP contribution in [-0.4, -0.2) is 19.8 Å². The molecule has 0 aromatic heterocycles. The topological polar surface area (TPSA) is 27.7 Å². The van der Waals surface area contributed by atoms with Crippen LogP contribution in [0.4, 0.5) is 13.2 Å². The first-order valence-electron chi connectivity index (χ1n) is 11.4. The smallest absolute Gasteiger partial charge is 0.201 e. The zero-order valence-corrected chi connectivity index (χ0v) is 19.0. The Morgan fingerprint density at radius 2 is 1.59 bits per heavy atom. The first kappa shape index (κ1) is 24.0. The zero-order chi connectivity index (χ0) is 24.1. The first-order chi connectivity index (χ1) is 16.5. The lowest BCUT2D eigenvalue weighted by atomic mass is 9.98. The fourth-order valence-corrected chi connectivity index (χ4v) is 4.05. The highest BCUT2D eigenvalue weighted by molar-refractivity contribution is 5.71. The molecule has 34 heavy (non-hydrogen) atoms. The van der Waals surface area contributed by atoms with Crippen LogP contribution in [0.15, 0.2) is 67.3 Å². The summed E-state index contributed by atoms with van der Waals surface area (Å²) in [5.74, 6) is -2.27. The van der Waals surface area contributed by atoms with E-state index in [0.717, 1.165) is 18.4 Å². The molecule has 1 saturated heterocycles. The van der Waals surface area contributed by atoms with Gasteiger partial charge in [-0.05, 0) is 41.3 Å². The number of hydrogen-bond acceptors (Lipinski definition) is 3. The van der Waals surface area contributed by atoms with E-state index in [0.29, 0.717) is 35.8 Å². The summed E-state index contributed by atoms with van der Waals surface area (Å²) in [5, 5.41) is 0. The second kappa shape index (κ2) is 10.9. The van der Waals surface area contributed by atoms with Crippen LogP contribution in [0.5, 0.6) is 5.75 Å². The molecule has 0 bridgehead atoms. The summed E-state index contributed by atoms with van der Waals surface area (Å²) in [5.41, 5.74) is 2.39. The Morgan fingerprint density at radius 1 is 0.912 bits per heavy atom. The molecule has 178 valence electrons. The van der Waals surface area contributed by atoms with Crippen LogP contribution < -0.4 is 4.74 Å². The second-order valence-electron chi connectivity index (χ2n) is 8.31. The Kier molecular flexibility index (Phi) is 7.70. The lowest BCUT2D eigenvalue weighted by Gasteiger charge is -2.29. The van der Waals surface area contributed by atoms with Crippen molar-refractivity contribution in [3.63, 3.8) is 0 Å². The molecule has 0 amide bonds. The molecule has 1 aliphatic heterocycles. The summed E-state index contributed by atoms with van der Waals surface area (Å²) in [7, 11) is 0. The number of hydrogen-bond donors (Lipinski definition) is 0. The van der Waals surface area contributed by atoms with Crippen LogP contribution in [0.1, 0.15) is 31.6 Å². The van der Waals surface area contributed by atoms with Crippen LogP contribution in [0.3, 0.4) is 0 Å². The number of benzene rings is 3. The largest absolute Gasteiger partial charge is 0.486 e. The SMILES string of the molecule is C=CCOc1ccc(-c2ccc(-c3ccc(C4OCC(CCC)CO4)c(F)c3)cc2)c(F)c1F. The first-order valence-corrected chi connectivity index (χ1v) is 11.4. The highest BCUT2D eigenvalue weighted by atomic mass is 19.2. The van der Waals surface area contributed by atoms with Crippen LogP contribution >= 0.6 is 0 Å². The molecule has 0 N–H and O–H groups in total. The highest BCUT2D eigenvalue weighted by Crippen LogP contribution is 2.33. The van der Waals surface area contributed by atoms with Crippen molar-refractivity contribution in [3.8, 4) is 28.0 Å². The van der Waals surface area contributed by atoms with Crippen LogP contribution in [0, 0.1) is 23.4 Å². The summed E-state index contributed by atoms with van der Waals surface area (Å²) < 4.78 is 60.4. The van der Waals surface area contributed by atoms with Gasteiger partial charge in [0.2, 0.25) is 5.82 Å². The minimum atomic E-state index is -1.05. The van der Waals surface area contributed by atoms with Gasteiger partial charge in [0.25, 0.3) is 0 Å². The number of halogens is 3. The third kappa shape index (κ3) is 5.18. The van der Waals surface area contributed by atoms with Gasteiger partial charge in [0.1, 0.15) is 12.4 Å². The molecule has 4 rings (SSSR count). The summed E-state index contributed by atoms with van der Waals surface area (Å²) in [4.78, 5) is 0. The third-order valence-corrected chi connectivity index (χ3v) is 5.85. The van der Waals surface area contributed by atoms with Crippen molar-refractivity contribution in [2.45, 2.75) is 26.1 Å². The minimum absolute atomic E-state index is 0.0815. The molecule has 0 radical (unpaired) electrons. The van der Waals surface area contributed by atoms with E-state index in [1.54, 1.807) is 36.4 Å². The molecule has 3 aromatic carbocycles. The Balaban J connectivity index is 1.50. The number of rotatable bonds is 8. The van der Waals surface area contributed by atoms with E-state index in [2.05, 4.69) is 13.5 Å². The maximum absolute atomic E-state index is 14.9. The molecular weight excluding hydrogens is 441 g/mol. The fourth-order valence-electron chi connectivity index (χ4n) is 4.05. The molecule has 0 aliphatic carbocycles. The average molecular weight is 469 g/mol. The normalized spacial score (nSPS) is 18.0. The molecule has 1 aliphatic rings. The van der Waals surface area contributed by atoms with Gasteiger partial charge in [0, 0.05) is 17.0 Å². The monoisotopic (exact) mass is 468 g/mol. The molecule has 6 heteroatoms. The maximum atomic E-state index is 14.9. The van der Waals surface area contributed by atoms with Gasteiger partial charge in [0.05, 0.1) is 13.2 Å². The maximum Gasteiger partial charge on any atom is 0.201 e. The van der Waals surface area contributed by atoms with Crippen molar-refractivity contribution in [2.24, 2.45) is 5.92 Å². The van der Waals surface area contributed by atoms with Crippen LogP contribution in [0.2, 0.25) is 0 Å².